The Morgan fingerprint density at radius 2 is 1.81 bits per heavy atom. The van der Waals surface area contributed by atoms with Gasteiger partial charge in [-0.2, -0.15) is 0 Å². The molecule has 0 radical (unpaired) electrons. The Bertz CT molecular complexity index is 295. The maximum absolute atomic E-state index is 5.97. The van der Waals surface area contributed by atoms with E-state index in [0.29, 0.717) is 11.8 Å². The van der Waals surface area contributed by atoms with E-state index in [9.17, 15) is 0 Å². The summed E-state index contributed by atoms with van der Waals surface area (Å²) < 4.78 is 5.53. The Hall–Kier alpha value is -0.240. The van der Waals surface area contributed by atoms with E-state index in [4.69, 9.17) is 27.9 Å². The molecule has 0 aliphatic heterocycles. The van der Waals surface area contributed by atoms with Gasteiger partial charge in [0, 0.05) is 17.5 Å². The molecule has 0 saturated carbocycles. The molecular formula is C13H18Cl2O. The molecule has 0 heterocycles. The van der Waals surface area contributed by atoms with Gasteiger partial charge in [-0.15, -0.1) is 11.6 Å². The SMILES string of the molecule is CC(C)OCCC(CCl)c1ccc(Cl)cc1. The zero-order chi connectivity index (χ0) is 12.0. The van der Waals surface area contributed by atoms with Crippen molar-refractivity contribution in [3.8, 4) is 0 Å². The fourth-order valence-corrected chi connectivity index (χ4v) is 1.97. The lowest BCUT2D eigenvalue weighted by atomic mass is 9.98. The van der Waals surface area contributed by atoms with E-state index in [0.717, 1.165) is 18.1 Å². The zero-order valence-electron chi connectivity index (χ0n) is 9.75. The number of rotatable bonds is 6. The van der Waals surface area contributed by atoms with Gasteiger partial charge in [0.15, 0.2) is 0 Å². The summed E-state index contributed by atoms with van der Waals surface area (Å²) in [6.07, 6.45) is 1.23. The van der Waals surface area contributed by atoms with Gasteiger partial charge in [0.05, 0.1) is 6.10 Å². The molecule has 3 heteroatoms. The Labute approximate surface area is 108 Å². The molecule has 1 aromatic rings. The minimum Gasteiger partial charge on any atom is -0.379 e. The summed E-state index contributed by atoms with van der Waals surface area (Å²) in [5.74, 6) is 0.959. The molecule has 0 saturated heterocycles. The van der Waals surface area contributed by atoms with Gasteiger partial charge >= 0.3 is 0 Å². The van der Waals surface area contributed by atoms with E-state index in [2.05, 4.69) is 0 Å². The molecule has 0 aliphatic carbocycles. The monoisotopic (exact) mass is 260 g/mol. The van der Waals surface area contributed by atoms with Crippen LogP contribution in [0.2, 0.25) is 5.02 Å². The average Bonchev–Trinajstić information content (AvgIpc) is 2.26. The van der Waals surface area contributed by atoms with Crippen molar-refractivity contribution in [3.05, 3.63) is 34.9 Å². The maximum Gasteiger partial charge on any atom is 0.0518 e. The van der Waals surface area contributed by atoms with Gasteiger partial charge in [0.2, 0.25) is 0 Å². The molecule has 0 aromatic heterocycles. The number of halogens is 2. The molecule has 1 rings (SSSR count). The van der Waals surface area contributed by atoms with E-state index in [1.807, 2.05) is 38.1 Å². The van der Waals surface area contributed by atoms with Crippen molar-refractivity contribution in [1.29, 1.82) is 0 Å². The Morgan fingerprint density at radius 3 is 2.31 bits per heavy atom. The lowest BCUT2D eigenvalue weighted by Gasteiger charge is -2.15. The second kappa shape index (κ2) is 7.16. The number of hydrogen-bond donors (Lipinski definition) is 0. The van der Waals surface area contributed by atoms with Crippen LogP contribution in [0.1, 0.15) is 31.7 Å². The highest BCUT2D eigenvalue weighted by Gasteiger charge is 2.10. The third-order valence-electron chi connectivity index (χ3n) is 2.45. The van der Waals surface area contributed by atoms with Crippen molar-refractivity contribution < 1.29 is 4.74 Å². The van der Waals surface area contributed by atoms with Crippen LogP contribution in [0.3, 0.4) is 0 Å². The maximum atomic E-state index is 5.97. The van der Waals surface area contributed by atoms with Gasteiger partial charge in [-0.25, -0.2) is 0 Å². The molecular weight excluding hydrogens is 243 g/mol. The third-order valence-corrected chi connectivity index (χ3v) is 3.07. The fourth-order valence-electron chi connectivity index (χ4n) is 1.51. The standard InChI is InChI=1S/C13H18Cl2O/c1-10(2)16-8-7-12(9-14)11-3-5-13(15)6-4-11/h3-6,10,12H,7-9H2,1-2H3. The van der Waals surface area contributed by atoms with Crippen LogP contribution in [0.25, 0.3) is 0 Å². The number of alkyl halides is 1. The highest BCUT2D eigenvalue weighted by molar-refractivity contribution is 6.30. The Kier molecular flexibility index (Phi) is 6.18. The molecule has 16 heavy (non-hydrogen) atoms. The molecule has 0 bridgehead atoms. The van der Waals surface area contributed by atoms with Crippen molar-refractivity contribution in [1.82, 2.24) is 0 Å². The number of benzene rings is 1. The van der Waals surface area contributed by atoms with Crippen LogP contribution < -0.4 is 0 Å². The topological polar surface area (TPSA) is 9.23 Å². The first-order valence-electron chi connectivity index (χ1n) is 5.56. The van der Waals surface area contributed by atoms with Crippen molar-refractivity contribution >= 4 is 23.2 Å². The van der Waals surface area contributed by atoms with Crippen molar-refractivity contribution in [2.75, 3.05) is 12.5 Å². The molecule has 0 spiro atoms. The van der Waals surface area contributed by atoms with E-state index in [1.54, 1.807) is 0 Å². The van der Waals surface area contributed by atoms with Crippen molar-refractivity contribution in [3.63, 3.8) is 0 Å². The normalized spacial score (nSPS) is 13.1. The van der Waals surface area contributed by atoms with E-state index in [1.165, 1.54) is 5.56 Å². The summed E-state index contributed by atoms with van der Waals surface area (Å²) >= 11 is 11.8. The van der Waals surface area contributed by atoms with E-state index >= 15 is 0 Å². The number of ether oxygens (including phenoxy) is 1. The predicted octanol–water partition coefficient (Wildman–Crippen LogP) is 4.48. The zero-order valence-corrected chi connectivity index (χ0v) is 11.3. The summed E-state index contributed by atoms with van der Waals surface area (Å²) in [5.41, 5.74) is 1.23. The molecule has 1 nitrogen and oxygen atoms in total. The highest BCUT2D eigenvalue weighted by Crippen LogP contribution is 2.23. The van der Waals surface area contributed by atoms with Crippen LogP contribution in [0, 0.1) is 0 Å². The summed E-state index contributed by atoms with van der Waals surface area (Å²) in [6, 6.07) is 7.87. The quantitative estimate of drug-likeness (QED) is 0.686. The summed E-state index contributed by atoms with van der Waals surface area (Å²) in [5, 5.41) is 0.760. The second-order valence-corrected chi connectivity index (χ2v) is 4.86. The van der Waals surface area contributed by atoms with Gasteiger partial charge in [0.25, 0.3) is 0 Å². The second-order valence-electron chi connectivity index (χ2n) is 4.11. The molecule has 0 fully saturated rings. The van der Waals surface area contributed by atoms with Gasteiger partial charge in [0.1, 0.15) is 0 Å². The minimum atomic E-state index is 0.279. The average molecular weight is 261 g/mol. The van der Waals surface area contributed by atoms with Crippen LogP contribution in [0.15, 0.2) is 24.3 Å². The first kappa shape index (κ1) is 13.8. The van der Waals surface area contributed by atoms with Gasteiger partial charge in [-0.3, -0.25) is 0 Å². The minimum absolute atomic E-state index is 0.279. The summed E-state index contributed by atoms with van der Waals surface area (Å²) in [6.45, 7) is 4.83. The first-order valence-corrected chi connectivity index (χ1v) is 6.47. The number of hydrogen-bond acceptors (Lipinski definition) is 1. The Morgan fingerprint density at radius 1 is 1.19 bits per heavy atom. The molecule has 0 amide bonds. The third kappa shape index (κ3) is 4.73. The van der Waals surface area contributed by atoms with Gasteiger partial charge in [-0.05, 0) is 43.9 Å². The van der Waals surface area contributed by atoms with Crippen LogP contribution >= 0.6 is 23.2 Å². The summed E-state index contributed by atoms with van der Waals surface area (Å²) in [7, 11) is 0. The van der Waals surface area contributed by atoms with Crippen LogP contribution in [0.5, 0.6) is 0 Å². The fraction of sp³-hybridized carbons (Fsp3) is 0.538. The van der Waals surface area contributed by atoms with Crippen LogP contribution in [-0.4, -0.2) is 18.6 Å². The molecule has 1 unspecified atom stereocenters. The van der Waals surface area contributed by atoms with Crippen molar-refractivity contribution in [2.24, 2.45) is 0 Å². The molecule has 1 atom stereocenters. The van der Waals surface area contributed by atoms with E-state index < -0.39 is 0 Å². The van der Waals surface area contributed by atoms with Crippen LogP contribution in [0.4, 0.5) is 0 Å². The molecule has 90 valence electrons. The van der Waals surface area contributed by atoms with E-state index in [-0.39, 0.29) is 6.10 Å². The molecule has 1 aromatic carbocycles. The Balaban J connectivity index is 2.50. The lowest BCUT2D eigenvalue weighted by Crippen LogP contribution is -2.09. The first-order chi connectivity index (χ1) is 7.63. The summed E-state index contributed by atoms with van der Waals surface area (Å²) in [4.78, 5) is 0. The molecule has 0 N–H and O–H groups in total. The highest BCUT2D eigenvalue weighted by atomic mass is 35.5. The molecule has 0 aliphatic rings. The van der Waals surface area contributed by atoms with Gasteiger partial charge < -0.3 is 4.74 Å². The largest absolute Gasteiger partial charge is 0.379 e. The predicted molar refractivity (Wildman–Crippen MR) is 70.6 cm³/mol. The van der Waals surface area contributed by atoms with Crippen LogP contribution in [-0.2, 0) is 4.74 Å². The lowest BCUT2D eigenvalue weighted by molar-refractivity contribution is 0.0743. The van der Waals surface area contributed by atoms with Crippen molar-refractivity contribution in [2.45, 2.75) is 32.3 Å². The van der Waals surface area contributed by atoms with Gasteiger partial charge in [-0.1, -0.05) is 23.7 Å². The smallest absolute Gasteiger partial charge is 0.0518 e.